The number of carbonyl (C=O) groups is 1. The topological polar surface area (TPSA) is 66.5 Å². The fourth-order valence-corrected chi connectivity index (χ4v) is 5.21. The van der Waals surface area contributed by atoms with Gasteiger partial charge in [0, 0.05) is 18.2 Å². The van der Waals surface area contributed by atoms with Crippen LogP contribution in [0.2, 0.25) is 0 Å². The van der Waals surface area contributed by atoms with Gasteiger partial charge in [0.05, 0.1) is 16.1 Å². The minimum Gasteiger partial charge on any atom is -0.312 e. The first-order valence-corrected chi connectivity index (χ1v) is 11.3. The lowest BCUT2D eigenvalue weighted by Crippen LogP contribution is -2.33. The lowest BCUT2D eigenvalue weighted by Gasteiger charge is -2.22. The molecule has 1 amide bonds. The number of nitrogens with one attached hydrogen (secondary N) is 1. The van der Waals surface area contributed by atoms with Crippen molar-refractivity contribution in [2.24, 2.45) is 5.92 Å². The SMILES string of the molecule is O=C(C1CCCC1)N1CCc2ccc(NS(=O)(=O)c3cccc(C(F)(F)F)c3)cc21. The zero-order valence-corrected chi connectivity index (χ0v) is 16.9. The molecule has 1 fully saturated rings. The Kier molecular flexibility index (Phi) is 5.25. The third kappa shape index (κ3) is 4.03. The van der Waals surface area contributed by atoms with Gasteiger partial charge < -0.3 is 4.90 Å². The summed E-state index contributed by atoms with van der Waals surface area (Å²) >= 11 is 0. The van der Waals surface area contributed by atoms with Crippen LogP contribution in [-0.2, 0) is 27.4 Å². The molecule has 4 rings (SSSR count). The normalized spacial score (nSPS) is 17.2. The maximum Gasteiger partial charge on any atom is 0.416 e. The van der Waals surface area contributed by atoms with Crippen LogP contribution in [0.5, 0.6) is 0 Å². The third-order valence-corrected chi connectivity index (χ3v) is 7.05. The van der Waals surface area contributed by atoms with Gasteiger partial charge in [-0.3, -0.25) is 9.52 Å². The highest BCUT2D eigenvalue weighted by atomic mass is 32.2. The van der Waals surface area contributed by atoms with Gasteiger partial charge in [0.2, 0.25) is 5.91 Å². The number of hydrogen-bond donors (Lipinski definition) is 1. The van der Waals surface area contributed by atoms with Crippen molar-refractivity contribution in [3.8, 4) is 0 Å². The summed E-state index contributed by atoms with van der Waals surface area (Å²) in [4.78, 5) is 14.1. The molecule has 1 saturated carbocycles. The van der Waals surface area contributed by atoms with Crippen molar-refractivity contribution in [1.29, 1.82) is 0 Å². The number of anilines is 2. The summed E-state index contributed by atoms with van der Waals surface area (Å²) in [7, 11) is -4.22. The number of rotatable bonds is 4. The number of alkyl halides is 3. The van der Waals surface area contributed by atoms with Crippen molar-refractivity contribution in [3.63, 3.8) is 0 Å². The van der Waals surface area contributed by atoms with Crippen LogP contribution in [0.1, 0.15) is 36.8 Å². The lowest BCUT2D eigenvalue weighted by atomic mass is 10.1. The molecule has 1 heterocycles. The molecule has 9 heteroatoms. The van der Waals surface area contributed by atoms with Crippen LogP contribution in [0, 0.1) is 5.92 Å². The van der Waals surface area contributed by atoms with Gasteiger partial charge in [-0.2, -0.15) is 13.2 Å². The van der Waals surface area contributed by atoms with E-state index in [1.165, 1.54) is 0 Å². The van der Waals surface area contributed by atoms with Crippen LogP contribution in [0.3, 0.4) is 0 Å². The highest BCUT2D eigenvalue weighted by Gasteiger charge is 2.33. The molecular formula is C21H21F3N2O3S. The standard InChI is InChI=1S/C21H21F3N2O3S/c22-21(23,24)16-6-3-7-18(12-16)30(28,29)25-17-9-8-14-10-11-26(19(14)13-17)20(27)15-4-1-2-5-15/h3,6-9,12-13,15,25H,1-2,4-5,10-11H2. The predicted molar refractivity (Wildman–Crippen MR) is 107 cm³/mol. The summed E-state index contributed by atoms with van der Waals surface area (Å²) in [6, 6.07) is 8.49. The molecule has 0 spiro atoms. The first-order chi connectivity index (χ1) is 14.1. The summed E-state index contributed by atoms with van der Waals surface area (Å²) in [5.41, 5.74) is 0.782. The van der Waals surface area contributed by atoms with Gasteiger partial charge in [-0.25, -0.2) is 8.42 Å². The van der Waals surface area contributed by atoms with Gasteiger partial charge in [-0.1, -0.05) is 25.0 Å². The molecule has 0 radical (unpaired) electrons. The Labute approximate surface area is 172 Å². The Morgan fingerprint density at radius 2 is 1.80 bits per heavy atom. The number of amides is 1. The number of benzene rings is 2. The lowest BCUT2D eigenvalue weighted by molar-refractivity contribution is -0.137. The van der Waals surface area contributed by atoms with Gasteiger partial charge in [-0.05, 0) is 55.2 Å². The summed E-state index contributed by atoms with van der Waals surface area (Å²) in [6.07, 6.45) is -0.143. The molecule has 0 aromatic heterocycles. The Balaban J connectivity index is 1.59. The number of sulfonamides is 1. The molecule has 160 valence electrons. The molecule has 1 aliphatic heterocycles. The average molecular weight is 438 g/mol. The van der Waals surface area contributed by atoms with Gasteiger partial charge in [0.25, 0.3) is 10.0 Å². The van der Waals surface area contributed by atoms with Gasteiger partial charge in [-0.15, -0.1) is 0 Å². The summed E-state index contributed by atoms with van der Waals surface area (Å²) in [5, 5.41) is 0. The smallest absolute Gasteiger partial charge is 0.312 e. The van der Waals surface area contributed by atoms with E-state index in [0.29, 0.717) is 24.7 Å². The minimum absolute atomic E-state index is 0.00130. The number of fused-ring (bicyclic) bond motifs is 1. The van der Waals surface area contributed by atoms with E-state index < -0.39 is 26.7 Å². The minimum atomic E-state index is -4.64. The molecule has 1 N–H and O–H groups in total. The second-order valence-electron chi connectivity index (χ2n) is 7.70. The zero-order chi connectivity index (χ0) is 21.5. The maximum atomic E-state index is 12.9. The van der Waals surface area contributed by atoms with E-state index in [1.807, 2.05) is 0 Å². The largest absolute Gasteiger partial charge is 0.416 e. The molecule has 0 saturated heterocycles. The quantitative estimate of drug-likeness (QED) is 0.760. The number of hydrogen-bond acceptors (Lipinski definition) is 3. The first-order valence-electron chi connectivity index (χ1n) is 9.79. The van der Waals surface area contributed by atoms with Crippen molar-refractivity contribution < 1.29 is 26.4 Å². The molecule has 2 aromatic rings. The zero-order valence-electron chi connectivity index (χ0n) is 16.1. The fourth-order valence-electron chi connectivity index (χ4n) is 4.12. The molecule has 5 nitrogen and oxygen atoms in total. The van der Waals surface area contributed by atoms with E-state index >= 15 is 0 Å². The van der Waals surface area contributed by atoms with E-state index in [1.54, 1.807) is 23.1 Å². The highest BCUT2D eigenvalue weighted by molar-refractivity contribution is 7.92. The number of carbonyl (C=O) groups excluding carboxylic acids is 1. The van der Waals surface area contributed by atoms with E-state index in [-0.39, 0.29) is 17.5 Å². The molecular weight excluding hydrogens is 417 g/mol. The molecule has 2 aromatic carbocycles. The molecule has 0 bridgehead atoms. The summed E-state index contributed by atoms with van der Waals surface area (Å²) < 4.78 is 66.4. The van der Waals surface area contributed by atoms with Crippen LogP contribution < -0.4 is 9.62 Å². The Morgan fingerprint density at radius 1 is 1.07 bits per heavy atom. The second kappa shape index (κ2) is 7.61. The summed E-state index contributed by atoms with van der Waals surface area (Å²) in [6.45, 7) is 0.550. The average Bonchev–Trinajstić information content (AvgIpc) is 3.36. The number of nitrogens with zero attached hydrogens (tertiary/aromatic N) is 1. The maximum absolute atomic E-state index is 12.9. The highest BCUT2D eigenvalue weighted by Crippen LogP contribution is 2.36. The molecule has 1 aliphatic carbocycles. The predicted octanol–water partition coefficient (Wildman–Crippen LogP) is 4.59. The first kappa shape index (κ1) is 20.7. The van der Waals surface area contributed by atoms with Gasteiger partial charge >= 0.3 is 6.18 Å². The van der Waals surface area contributed by atoms with Gasteiger partial charge in [0.15, 0.2) is 0 Å². The monoisotopic (exact) mass is 438 g/mol. The molecule has 0 unspecified atom stereocenters. The van der Waals surface area contributed by atoms with Crippen LogP contribution in [-0.4, -0.2) is 20.9 Å². The Bertz CT molecular complexity index is 1080. The van der Waals surface area contributed by atoms with Crippen LogP contribution >= 0.6 is 0 Å². The van der Waals surface area contributed by atoms with E-state index in [0.717, 1.165) is 49.4 Å². The van der Waals surface area contributed by atoms with Crippen molar-refractivity contribution in [1.82, 2.24) is 0 Å². The number of halogens is 3. The molecule has 30 heavy (non-hydrogen) atoms. The Morgan fingerprint density at radius 3 is 2.50 bits per heavy atom. The van der Waals surface area contributed by atoms with Crippen molar-refractivity contribution in [2.45, 2.75) is 43.2 Å². The van der Waals surface area contributed by atoms with Crippen LogP contribution in [0.4, 0.5) is 24.5 Å². The van der Waals surface area contributed by atoms with Crippen molar-refractivity contribution in [3.05, 3.63) is 53.6 Å². The third-order valence-electron chi connectivity index (χ3n) is 5.68. The van der Waals surface area contributed by atoms with Crippen LogP contribution in [0.25, 0.3) is 0 Å². The molecule has 2 aliphatic rings. The van der Waals surface area contributed by atoms with E-state index in [9.17, 15) is 26.4 Å². The summed E-state index contributed by atoms with van der Waals surface area (Å²) in [5.74, 6) is 0.0607. The fraction of sp³-hybridized carbons (Fsp3) is 0.381. The van der Waals surface area contributed by atoms with Crippen molar-refractivity contribution >= 4 is 27.3 Å². The van der Waals surface area contributed by atoms with Crippen molar-refractivity contribution in [2.75, 3.05) is 16.2 Å². The van der Waals surface area contributed by atoms with E-state index in [2.05, 4.69) is 4.72 Å². The van der Waals surface area contributed by atoms with Gasteiger partial charge in [0.1, 0.15) is 0 Å². The van der Waals surface area contributed by atoms with Crippen LogP contribution in [0.15, 0.2) is 47.4 Å². The molecule has 0 atom stereocenters. The second-order valence-corrected chi connectivity index (χ2v) is 9.38. The Hall–Kier alpha value is -2.55. The van der Waals surface area contributed by atoms with E-state index in [4.69, 9.17) is 0 Å².